The molecule has 1 heterocycles. The maximum absolute atomic E-state index is 11.8. The molecule has 1 aliphatic heterocycles. The van der Waals surface area contributed by atoms with Gasteiger partial charge in [0.2, 0.25) is 6.29 Å². The van der Waals surface area contributed by atoms with Crippen molar-refractivity contribution in [1.82, 2.24) is 0 Å². The highest BCUT2D eigenvalue weighted by Gasteiger charge is 2.45. The molecule has 0 saturated carbocycles. The lowest BCUT2D eigenvalue weighted by molar-refractivity contribution is -0.242. The van der Waals surface area contributed by atoms with Gasteiger partial charge >= 0.3 is 5.97 Å². The summed E-state index contributed by atoms with van der Waals surface area (Å²) in [7, 11) is 1.32. The molecular weight excluding hydrogens is 276 g/mol. The van der Waals surface area contributed by atoms with Crippen molar-refractivity contribution in [3.8, 4) is 0 Å². The second kappa shape index (κ2) is 6.87. The molecule has 0 aromatic carbocycles. The van der Waals surface area contributed by atoms with E-state index in [1.807, 2.05) is 13.0 Å². The minimum absolute atomic E-state index is 0.162. The van der Waals surface area contributed by atoms with E-state index in [1.54, 1.807) is 6.92 Å². The molecule has 116 valence electrons. The Morgan fingerprint density at radius 2 is 2.33 bits per heavy atom. The second-order valence-electron chi connectivity index (χ2n) is 4.92. The van der Waals surface area contributed by atoms with Gasteiger partial charge in [0, 0.05) is 12.5 Å². The van der Waals surface area contributed by atoms with Crippen molar-refractivity contribution in [2.24, 2.45) is 11.8 Å². The summed E-state index contributed by atoms with van der Waals surface area (Å²) in [6, 6.07) is 0. The van der Waals surface area contributed by atoms with Gasteiger partial charge in [-0.15, -0.1) is 0 Å². The third-order valence-electron chi connectivity index (χ3n) is 3.73. The lowest BCUT2D eigenvalue weighted by Crippen LogP contribution is -2.39. The number of carbonyl (C=O) groups excluding carboxylic acids is 2. The number of carbonyl (C=O) groups is 2. The van der Waals surface area contributed by atoms with Gasteiger partial charge in [0.1, 0.15) is 6.29 Å². The smallest absolute Gasteiger partial charge is 0.337 e. The average molecular weight is 296 g/mol. The summed E-state index contributed by atoms with van der Waals surface area (Å²) in [5.41, 5.74) is 1.02. The average Bonchev–Trinajstić information content (AvgIpc) is 2.91. The van der Waals surface area contributed by atoms with Crippen LogP contribution in [0.25, 0.3) is 0 Å². The molecule has 0 radical (unpaired) electrons. The van der Waals surface area contributed by atoms with Gasteiger partial charge in [-0.05, 0) is 25.8 Å². The van der Waals surface area contributed by atoms with Crippen LogP contribution in [0.3, 0.4) is 0 Å². The quantitative estimate of drug-likeness (QED) is 0.421. The number of aldehydes is 1. The summed E-state index contributed by atoms with van der Waals surface area (Å²) < 4.78 is 21.3. The van der Waals surface area contributed by atoms with E-state index in [0.717, 1.165) is 6.29 Å². The fourth-order valence-electron chi connectivity index (χ4n) is 2.78. The maximum Gasteiger partial charge on any atom is 0.337 e. The fourth-order valence-corrected chi connectivity index (χ4v) is 2.78. The van der Waals surface area contributed by atoms with Crippen LogP contribution in [0.15, 0.2) is 23.5 Å². The maximum atomic E-state index is 11.8. The SMILES string of the molecule is CCOC(C)O[C@@H]1OC=C(C(=O)OC)[C@H]2CC=C(C=O)[C@@H]12. The molecule has 21 heavy (non-hydrogen) atoms. The summed E-state index contributed by atoms with van der Waals surface area (Å²) in [5, 5.41) is 0. The van der Waals surface area contributed by atoms with Gasteiger partial charge in [0.15, 0.2) is 6.29 Å². The number of hydrogen-bond acceptors (Lipinski definition) is 6. The highest BCUT2D eigenvalue weighted by atomic mass is 16.8. The van der Waals surface area contributed by atoms with Gasteiger partial charge in [0.05, 0.1) is 24.9 Å². The molecule has 0 N–H and O–H groups in total. The highest BCUT2D eigenvalue weighted by molar-refractivity contribution is 5.90. The second-order valence-corrected chi connectivity index (χ2v) is 4.92. The number of hydrogen-bond donors (Lipinski definition) is 0. The number of methoxy groups -OCH3 is 1. The fraction of sp³-hybridized carbons (Fsp3) is 0.600. The molecule has 6 heteroatoms. The summed E-state index contributed by atoms with van der Waals surface area (Å²) in [6.45, 7) is 4.15. The van der Waals surface area contributed by atoms with Crippen molar-refractivity contribution in [2.75, 3.05) is 13.7 Å². The van der Waals surface area contributed by atoms with E-state index in [2.05, 4.69) is 0 Å². The molecular formula is C15H20O6. The van der Waals surface area contributed by atoms with Crippen LogP contribution in [-0.2, 0) is 28.5 Å². The monoisotopic (exact) mass is 296 g/mol. The van der Waals surface area contributed by atoms with Crippen molar-refractivity contribution in [3.05, 3.63) is 23.5 Å². The van der Waals surface area contributed by atoms with Crippen LogP contribution in [0.1, 0.15) is 20.3 Å². The van der Waals surface area contributed by atoms with Crippen LogP contribution in [0.4, 0.5) is 0 Å². The van der Waals surface area contributed by atoms with Crippen molar-refractivity contribution in [3.63, 3.8) is 0 Å². The van der Waals surface area contributed by atoms with Gasteiger partial charge in [-0.2, -0.15) is 0 Å². The van der Waals surface area contributed by atoms with Crippen LogP contribution in [-0.4, -0.2) is 38.6 Å². The van der Waals surface area contributed by atoms with E-state index in [9.17, 15) is 9.59 Å². The molecule has 1 aliphatic carbocycles. The molecule has 0 amide bonds. The minimum atomic E-state index is -0.649. The molecule has 0 aromatic heterocycles. The summed E-state index contributed by atoms with van der Waals surface area (Å²) in [5.74, 6) is -0.920. The van der Waals surface area contributed by atoms with Crippen LogP contribution in [0.5, 0.6) is 0 Å². The van der Waals surface area contributed by atoms with Crippen LogP contribution >= 0.6 is 0 Å². The zero-order chi connectivity index (χ0) is 15.4. The first-order valence-corrected chi connectivity index (χ1v) is 6.98. The Balaban J connectivity index is 2.19. The molecule has 0 bridgehead atoms. The first kappa shape index (κ1) is 15.7. The number of allylic oxidation sites excluding steroid dienone is 1. The Morgan fingerprint density at radius 3 is 2.95 bits per heavy atom. The molecule has 4 atom stereocenters. The van der Waals surface area contributed by atoms with Gasteiger partial charge in [-0.1, -0.05) is 6.08 Å². The van der Waals surface area contributed by atoms with Crippen LogP contribution in [0.2, 0.25) is 0 Å². The molecule has 0 spiro atoms. The summed E-state index contributed by atoms with van der Waals surface area (Å²) in [4.78, 5) is 23.0. The van der Waals surface area contributed by atoms with Crippen LogP contribution < -0.4 is 0 Å². The Bertz CT molecular complexity index is 467. The third kappa shape index (κ3) is 3.16. The highest BCUT2D eigenvalue weighted by Crippen LogP contribution is 2.43. The zero-order valence-corrected chi connectivity index (χ0v) is 12.4. The zero-order valence-electron chi connectivity index (χ0n) is 12.4. The largest absolute Gasteiger partial charge is 0.471 e. The normalized spacial score (nSPS) is 28.8. The summed E-state index contributed by atoms with van der Waals surface area (Å²) >= 11 is 0. The third-order valence-corrected chi connectivity index (χ3v) is 3.73. The molecule has 0 fully saturated rings. The molecule has 2 aliphatic rings. The Labute approximate surface area is 123 Å². The van der Waals surface area contributed by atoms with E-state index in [-0.39, 0.29) is 11.8 Å². The Kier molecular flexibility index (Phi) is 5.14. The van der Waals surface area contributed by atoms with E-state index >= 15 is 0 Å². The van der Waals surface area contributed by atoms with Crippen molar-refractivity contribution in [1.29, 1.82) is 0 Å². The van der Waals surface area contributed by atoms with Crippen molar-refractivity contribution in [2.45, 2.75) is 32.8 Å². The van der Waals surface area contributed by atoms with Crippen molar-refractivity contribution < 1.29 is 28.5 Å². The molecule has 0 saturated heterocycles. The topological polar surface area (TPSA) is 71.1 Å². The Hall–Kier alpha value is -1.66. The first-order valence-electron chi connectivity index (χ1n) is 6.98. The standard InChI is InChI=1S/C15H20O6/c1-4-19-9(2)21-15-13-10(7-16)5-6-11(13)12(8-20-15)14(17)18-3/h5,7-9,11,13,15H,4,6H2,1-3H3/t9?,11-,13-,15+/m1/s1. The lowest BCUT2D eigenvalue weighted by Gasteiger charge is -2.35. The summed E-state index contributed by atoms with van der Waals surface area (Å²) in [6.07, 6.45) is 3.46. The van der Waals surface area contributed by atoms with Gasteiger partial charge in [0.25, 0.3) is 0 Å². The predicted molar refractivity (Wildman–Crippen MR) is 72.9 cm³/mol. The number of esters is 1. The van der Waals surface area contributed by atoms with E-state index in [4.69, 9.17) is 18.9 Å². The van der Waals surface area contributed by atoms with Gasteiger partial charge < -0.3 is 18.9 Å². The number of rotatable bonds is 6. The van der Waals surface area contributed by atoms with Crippen molar-refractivity contribution >= 4 is 12.3 Å². The van der Waals surface area contributed by atoms with Crippen LogP contribution in [0, 0.1) is 11.8 Å². The first-order chi connectivity index (χ1) is 10.1. The van der Waals surface area contributed by atoms with Gasteiger partial charge in [-0.25, -0.2) is 4.79 Å². The predicted octanol–water partition coefficient (Wildman–Crippen LogP) is 1.56. The van der Waals surface area contributed by atoms with Gasteiger partial charge in [-0.3, -0.25) is 4.79 Å². The molecule has 1 unspecified atom stereocenters. The number of fused-ring (bicyclic) bond motifs is 1. The lowest BCUT2D eigenvalue weighted by atomic mass is 9.83. The Morgan fingerprint density at radius 1 is 1.57 bits per heavy atom. The minimum Gasteiger partial charge on any atom is -0.471 e. The molecule has 6 nitrogen and oxygen atoms in total. The molecule has 0 aromatic rings. The molecule has 2 rings (SSSR count). The van der Waals surface area contributed by atoms with E-state index < -0.39 is 18.5 Å². The number of ether oxygens (including phenoxy) is 4. The van der Waals surface area contributed by atoms with E-state index in [0.29, 0.717) is 24.2 Å². The van der Waals surface area contributed by atoms with E-state index in [1.165, 1.54) is 13.4 Å².